The number of fused-ring (bicyclic) bond motifs is 1. The minimum Gasteiger partial charge on any atom is -0.353 e. The summed E-state index contributed by atoms with van der Waals surface area (Å²) >= 11 is 1.64. The maximum absolute atomic E-state index is 4.85. The molecule has 3 heteroatoms. The molecule has 1 aromatic heterocycles. The fourth-order valence-electron chi connectivity index (χ4n) is 4.20. The summed E-state index contributed by atoms with van der Waals surface area (Å²) in [7, 11) is 0. The van der Waals surface area contributed by atoms with Crippen molar-refractivity contribution in [2.24, 2.45) is 0 Å². The molecule has 4 aromatic rings. The van der Waals surface area contributed by atoms with Crippen LogP contribution in [0.25, 0.3) is 6.08 Å². The van der Waals surface area contributed by atoms with Gasteiger partial charge in [0.2, 0.25) is 0 Å². The lowest BCUT2D eigenvalue weighted by Gasteiger charge is -2.28. The maximum Gasteiger partial charge on any atom is 0.117 e. The molecule has 0 N–H and O–H groups in total. The number of nitrogens with zero attached hydrogens (tertiary/aromatic N) is 2. The van der Waals surface area contributed by atoms with E-state index >= 15 is 0 Å². The summed E-state index contributed by atoms with van der Waals surface area (Å²) in [5.74, 6) is 0.356. The highest BCUT2D eigenvalue weighted by molar-refractivity contribution is 7.10. The highest BCUT2D eigenvalue weighted by Crippen LogP contribution is 2.44. The SMILES string of the molecule is C1=Cc2nsc(N(Cc3ccccc3)Cc3ccccc3)c2[C@H](c2ccccc2)C1. The molecular weight excluding hydrogens is 384 g/mol. The van der Waals surface area contributed by atoms with Gasteiger partial charge in [0, 0.05) is 24.6 Å². The predicted molar refractivity (Wildman–Crippen MR) is 127 cm³/mol. The van der Waals surface area contributed by atoms with Crippen LogP contribution in [0.2, 0.25) is 0 Å². The maximum atomic E-state index is 4.85. The van der Waals surface area contributed by atoms with Gasteiger partial charge in [-0.1, -0.05) is 97.1 Å². The molecule has 0 aliphatic heterocycles. The fourth-order valence-corrected chi connectivity index (χ4v) is 5.14. The zero-order chi connectivity index (χ0) is 20.2. The van der Waals surface area contributed by atoms with E-state index in [1.807, 2.05) is 0 Å². The Morgan fingerprint density at radius 1 is 0.767 bits per heavy atom. The standard InChI is InChI=1S/C27H24N2S/c1-4-11-21(12-5-1)19-29(20-22-13-6-2-7-14-22)27-26-24(23-15-8-3-9-16-23)17-10-18-25(26)28-30-27/h1-16,18,24H,17,19-20H2/t24-/m0/s1. The third kappa shape index (κ3) is 3.94. The van der Waals surface area contributed by atoms with E-state index in [-0.39, 0.29) is 0 Å². The molecule has 0 fully saturated rings. The van der Waals surface area contributed by atoms with Crippen molar-refractivity contribution in [3.05, 3.63) is 125 Å². The molecular formula is C27H24N2S. The van der Waals surface area contributed by atoms with Crippen molar-refractivity contribution in [3.63, 3.8) is 0 Å². The first kappa shape index (κ1) is 18.8. The number of hydrogen-bond donors (Lipinski definition) is 0. The molecule has 5 rings (SSSR count). The Morgan fingerprint density at radius 2 is 1.33 bits per heavy atom. The van der Waals surface area contributed by atoms with Crippen LogP contribution in [0.3, 0.4) is 0 Å². The summed E-state index contributed by atoms with van der Waals surface area (Å²) in [6.45, 7) is 1.74. The molecule has 2 nitrogen and oxygen atoms in total. The van der Waals surface area contributed by atoms with Crippen molar-refractivity contribution in [3.8, 4) is 0 Å². The Labute approximate surface area is 182 Å². The molecule has 1 aliphatic carbocycles. The van der Waals surface area contributed by atoms with E-state index in [1.165, 1.54) is 27.3 Å². The Hall–Kier alpha value is -3.17. The van der Waals surface area contributed by atoms with E-state index in [1.54, 1.807) is 11.5 Å². The average molecular weight is 409 g/mol. The van der Waals surface area contributed by atoms with Gasteiger partial charge in [0.1, 0.15) is 5.00 Å². The minimum atomic E-state index is 0.356. The number of benzene rings is 3. The normalized spacial score (nSPS) is 15.0. The van der Waals surface area contributed by atoms with Gasteiger partial charge in [0.25, 0.3) is 0 Å². The van der Waals surface area contributed by atoms with Crippen LogP contribution in [-0.2, 0) is 13.1 Å². The molecule has 0 saturated heterocycles. The van der Waals surface area contributed by atoms with Gasteiger partial charge in [-0.3, -0.25) is 0 Å². The second-order valence-corrected chi connectivity index (χ2v) is 8.47. The molecule has 0 unspecified atom stereocenters. The van der Waals surface area contributed by atoms with Crippen LogP contribution >= 0.6 is 11.5 Å². The monoisotopic (exact) mass is 408 g/mol. The third-order valence-electron chi connectivity index (χ3n) is 5.65. The van der Waals surface area contributed by atoms with Crippen molar-refractivity contribution < 1.29 is 0 Å². The summed E-state index contributed by atoms with van der Waals surface area (Å²) < 4.78 is 4.85. The fraction of sp³-hybridized carbons (Fsp3) is 0.148. The van der Waals surface area contributed by atoms with Crippen LogP contribution in [0.1, 0.15) is 40.3 Å². The van der Waals surface area contributed by atoms with Crippen molar-refractivity contribution in [1.82, 2.24) is 4.37 Å². The van der Waals surface area contributed by atoms with E-state index in [4.69, 9.17) is 4.37 Å². The lowest BCUT2D eigenvalue weighted by Crippen LogP contribution is -2.23. The van der Waals surface area contributed by atoms with Crippen LogP contribution in [0.4, 0.5) is 5.00 Å². The van der Waals surface area contributed by atoms with E-state index in [9.17, 15) is 0 Å². The summed E-state index contributed by atoms with van der Waals surface area (Å²) in [6, 6.07) is 32.3. The van der Waals surface area contributed by atoms with Crippen LogP contribution in [0, 0.1) is 0 Å². The Bertz CT molecular complexity index is 1080. The van der Waals surface area contributed by atoms with Gasteiger partial charge in [-0.15, -0.1) is 0 Å². The van der Waals surface area contributed by atoms with Gasteiger partial charge in [-0.05, 0) is 40.7 Å². The summed E-state index contributed by atoms with van der Waals surface area (Å²) in [4.78, 5) is 2.50. The first-order valence-electron chi connectivity index (χ1n) is 10.4. The van der Waals surface area contributed by atoms with Crippen molar-refractivity contribution >= 4 is 22.6 Å². The van der Waals surface area contributed by atoms with Gasteiger partial charge in [-0.2, -0.15) is 4.37 Å². The number of hydrogen-bond acceptors (Lipinski definition) is 3. The summed E-state index contributed by atoms with van der Waals surface area (Å²) in [6.07, 6.45) is 5.48. The molecule has 0 radical (unpaired) electrons. The van der Waals surface area contributed by atoms with Crippen molar-refractivity contribution in [2.75, 3.05) is 4.90 Å². The second kappa shape index (κ2) is 8.68. The van der Waals surface area contributed by atoms with E-state index in [0.717, 1.165) is 25.2 Å². The van der Waals surface area contributed by atoms with E-state index in [2.05, 4.69) is 108 Å². The highest BCUT2D eigenvalue weighted by atomic mass is 32.1. The molecule has 0 saturated carbocycles. The zero-order valence-corrected chi connectivity index (χ0v) is 17.6. The summed E-state index contributed by atoms with van der Waals surface area (Å²) in [5.41, 5.74) is 6.50. The first-order valence-corrected chi connectivity index (χ1v) is 11.2. The summed E-state index contributed by atoms with van der Waals surface area (Å²) in [5, 5.41) is 1.29. The molecule has 1 aliphatic rings. The Balaban J connectivity index is 1.56. The van der Waals surface area contributed by atoms with Crippen LogP contribution < -0.4 is 4.90 Å². The van der Waals surface area contributed by atoms with Gasteiger partial charge >= 0.3 is 0 Å². The largest absolute Gasteiger partial charge is 0.353 e. The van der Waals surface area contributed by atoms with E-state index in [0.29, 0.717) is 5.92 Å². The zero-order valence-electron chi connectivity index (χ0n) is 16.8. The van der Waals surface area contributed by atoms with Gasteiger partial charge in [-0.25, -0.2) is 0 Å². The number of anilines is 1. The molecule has 1 heterocycles. The molecule has 148 valence electrons. The van der Waals surface area contributed by atoms with Gasteiger partial charge in [0.05, 0.1) is 5.69 Å². The van der Waals surface area contributed by atoms with E-state index < -0.39 is 0 Å². The first-order chi connectivity index (χ1) is 14.9. The number of aromatic nitrogens is 1. The van der Waals surface area contributed by atoms with Crippen LogP contribution in [0.15, 0.2) is 97.1 Å². The van der Waals surface area contributed by atoms with Crippen LogP contribution in [0.5, 0.6) is 0 Å². The number of allylic oxidation sites excluding steroid dienone is 1. The average Bonchev–Trinajstić information content (AvgIpc) is 3.25. The molecule has 0 spiro atoms. The quantitative estimate of drug-likeness (QED) is 0.345. The topological polar surface area (TPSA) is 16.1 Å². The lowest BCUT2D eigenvalue weighted by atomic mass is 9.85. The number of rotatable bonds is 6. The molecule has 1 atom stereocenters. The predicted octanol–water partition coefficient (Wildman–Crippen LogP) is 6.90. The van der Waals surface area contributed by atoms with Gasteiger partial charge in [0.15, 0.2) is 0 Å². The molecule has 0 bridgehead atoms. The lowest BCUT2D eigenvalue weighted by molar-refractivity contribution is 0.772. The molecule has 0 amide bonds. The van der Waals surface area contributed by atoms with Crippen molar-refractivity contribution in [2.45, 2.75) is 25.4 Å². The van der Waals surface area contributed by atoms with Gasteiger partial charge < -0.3 is 4.90 Å². The Kier molecular flexibility index (Phi) is 5.45. The Morgan fingerprint density at radius 3 is 1.93 bits per heavy atom. The van der Waals surface area contributed by atoms with Crippen molar-refractivity contribution in [1.29, 1.82) is 0 Å². The second-order valence-electron chi connectivity index (χ2n) is 7.72. The highest BCUT2D eigenvalue weighted by Gasteiger charge is 2.28. The minimum absolute atomic E-state index is 0.356. The molecule has 30 heavy (non-hydrogen) atoms. The smallest absolute Gasteiger partial charge is 0.117 e. The van der Waals surface area contributed by atoms with Crippen LogP contribution in [-0.4, -0.2) is 4.37 Å². The third-order valence-corrected chi connectivity index (χ3v) is 6.59. The molecule has 3 aromatic carbocycles.